The van der Waals surface area contributed by atoms with Crippen molar-refractivity contribution in [1.29, 1.82) is 0 Å². The van der Waals surface area contributed by atoms with Crippen molar-refractivity contribution in [2.45, 2.75) is 39.0 Å². The molecule has 1 aromatic rings. The van der Waals surface area contributed by atoms with E-state index in [9.17, 15) is 9.90 Å². The van der Waals surface area contributed by atoms with Gasteiger partial charge in [0.1, 0.15) is 0 Å². The highest BCUT2D eigenvalue weighted by molar-refractivity contribution is 5.78. The van der Waals surface area contributed by atoms with Crippen LogP contribution in [0.1, 0.15) is 38.2 Å². The van der Waals surface area contributed by atoms with Crippen molar-refractivity contribution in [3.63, 3.8) is 0 Å². The molecule has 0 aromatic heterocycles. The Morgan fingerprint density at radius 3 is 2.60 bits per heavy atom. The summed E-state index contributed by atoms with van der Waals surface area (Å²) in [6.07, 6.45) is 5.22. The molecule has 0 aliphatic carbocycles. The SMILES string of the molecule is CC1CCN(C(=O)CN2CCCC(CO)(Cc3ccccc3)C2)CC1. The third kappa shape index (κ3) is 4.83. The molecule has 0 radical (unpaired) electrons. The molecular formula is C21H32N2O2. The third-order valence-corrected chi connectivity index (χ3v) is 5.99. The van der Waals surface area contributed by atoms with Crippen molar-refractivity contribution in [2.75, 3.05) is 39.3 Å². The smallest absolute Gasteiger partial charge is 0.236 e. The lowest BCUT2D eigenvalue weighted by atomic mass is 9.75. The molecule has 4 heteroatoms. The van der Waals surface area contributed by atoms with Crippen LogP contribution in [0.4, 0.5) is 0 Å². The second kappa shape index (κ2) is 8.33. The van der Waals surface area contributed by atoms with E-state index in [4.69, 9.17) is 0 Å². The zero-order chi connectivity index (χ0) is 17.7. The molecule has 1 amide bonds. The van der Waals surface area contributed by atoms with E-state index < -0.39 is 0 Å². The molecule has 1 N–H and O–H groups in total. The molecule has 2 aliphatic rings. The third-order valence-electron chi connectivity index (χ3n) is 5.99. The van der Waals surface area contributed by atoms with Gasteiger partial charge >= 0.3 is 0 Å². The summed E-state index contributed by atoms with van der Waals surface area (Å²) >= 11 is 0. The number of rotatable bonds is 5. The molecule has 25 heavy (non-hydrogen) atoms. The zero-order valence-corrected chi connectivity index (χ0v) is 15.5. The minimum atomic E-state index is -0.115. The standard InChI is InChI=1S/C21H32N2O2/c1-18-8-12-23(13-9-18)20(25)15-22-11-5-10-21(16-22,17-24)14-19-6-3-2-4-7-19/h2-4,6-7,18,24H,5,8-17H2,1H3. The van der Waals surface area contributed by atoms with E-state index in [-0.39, 0.29) is 17.9 Å². The number of hydrogen-bond donors (Lipinski definition) is 1. The van der Waals surface area contributed by atoms with Crippen molar-refractivity contribution < 1.29 is 9.90 Å². The largest absolute Gasteiger partial charge is 0.396 e. The molecule has 0 saturated carbocycles. The summed E-state index contributed by atoms with van der Waals surface area (Å²) in [5.74, 6) is 1.01. The van der Waals surface area contributed by atoms with Crippen LogP contribution in [0, 0.1) is 11.3 Å². The van der Waals surface area contributed by atoms with Gasteiger partial charge in [0.15, 0.2) is 0 Å². The summed E-state index contributed by atoms with van der Waals surface area (Å²) < 4.78 is 0. The number of likely N-dealkylation sites (tertiary alicyclic amines) is 2. The molecule has 4 nitrogen and oxygen atoms in total. The summed E-state index contributed by atoms with van der Waals surface area (Å²) in [5.41, 5.74) is 1.16. The zero-order valence-electron chi connectivity index (χ0n) is 15.5. The summed E-state index contributed by atoms with van der Waals surface area (Å²) in [7, 11) is 0. The summed E-state index contributed by atoms with van der Waals surface area (Å²) in [6.45, 7) is 6.55. The number of carbonyl (C=O) groups excluding carboxylic acids is 1. The summed E-state index contributed by atoms with van der Waals surface area (Å²) in [4.78, 5) is 17.0. The maximum Gasteiger partial charge on any atom is 0.236 e. The number of carbonyl (C=O) groups is 1. The van der Waals surface area contributed by atoms with Crippen LogP contribution in [0.25, 0.3) is 0 Å². The second-order valence-electron chi connectivity index (χ2n) is 8.20. The van der Waals surface area contributed by atoms with E-state index in [1.807, 2.05) is 11.0 Å². The Balaban J connectivity index is 1.58. The van der Waals surface area contributed by atoms with Crippen LogP contribution in [-0.4, -0.2) is 60.1 Å². The average Bonchev–Trinajstić information content (AvgIpc) is 2.63. The molecule has 2 saturated heterocycles. The predicted octanol–water partition coefficient (Wildman–Crippen LogP) is 2.56. The molecule has 138 valence electrons. The van der Waals surface area contributed by atoms with Gasteiger partial charge in [-0.2, -0.15) is 0 Å². The minimum Gasteiger partial charge on any atom is -0.396 e. The van der Waals surface area contributed by atoms with Crippen molar-refractivity contribution in [3.8, 4) is 0 Å². The number of piperidine rings is 2. The van der Waals surface area contributed by atoms with Gasteiger partial charge in [0.05, 0.1) is 13.2 Å². The number of aliphatic hydroxyl groups is 1. The van der Waals surface area contributed by atoms with Crippen molar-refractivity contribution in [3.05, 3.63) is 35.9 Å². The van der Waals surface area contributed by atoms with Crippen LogP contribution in [0.2, 0.25) is 0 Å². The van der Waals surface area contributed by atoms with Crippen LogP contribution >= 0.6 is 0 Å². The van der Waals surface area contributed by atoms with Crippen molar-refractivity contribution in [1.82, 2.24) is 9.80 Å². The quantitative estimate of drug-likeness (QED) is 0.893. The summed E-state index contributed by atoms with van der Waals surface area (Å²) in [6, 6.07) is 10.4. The van der Waals surface area contributed by atoms with Gasteiger partial charge in [-0.1, -0.05) is 37.3 Å². The number of benzene rings is 1. The fourth-order valence-electron chi connectivity index (χ4n) is 4.35. The molecule has 2 aliphatic heterocycles. The van der Waals surface area contributed by atoms with Crippen LogP contribution in [0.5, 0.6) is 0 Å². The fraction of sp³-hybridized carbons (Fsp3) is 0.667. The molecule has 2 fully saturated rings. The Bertz CT molecular complexity index is 554. The molecule has 3 rings (SSSR count). The van der Waals surface area contributed by atoms with Crippen LogP contribution < -0.4 is 0 Å². The van der Waals surface area contributed by atoms with Gasteiger partial charge in [0, 0.05) is 25.0 Å². The minimum absolute atomic E-state index is 0.115. The lowest BCUT2D eigenvalue weighted by Crippen LogP contribution is -2.51. The van der Waals surface area contributed by atoms with Crippen molar-refractivity contribution >= 4 is 5.91 Å². The van der Waals surface area contributed by atoms with E-state index in [0.717, 1.165) is 64.2 Å². The van der Waals surface area contributed by atoms with Crippen LogP contribution in [0.15, 0.2) is 30.3 Å². The lowest BCUT2D eigenvalue weighted by molar-refractivity contribution is -0.134. The Morgan fingerprint density at radius 2 is 1.92 bits per heavy atom. The maximum atomic E-state index is 12.7. The van der Waals surface area contributed by atoms with Gasteiger partial charge < -0.3 is 10.0 Å². The Hall–Kier alpha value is -1.39. The molecule has 1 atom stereocenters. The fourth-order valence-corrected chi connectivity index (χ4v) is 4.35. The van der Waals surface area contributed by atoms with Gasteiger partial charge in [-0.05, 0) is 50.1 Å². The first-order valence-corrected chi connectivity index (χ1v) is 9.75. The van der Waals surface area contributed by atoms with Gasteiger partial charge in [-0.15, -0.1) is 0 Å². The molecule has 1 unspecified atom stereocenters. The van der Waals surface area contributed by atoms with Gasteiger partial charge in [-0.3, -0.25) is 9.69 Å². The number of hydrogen-bond acceptors (Lipinski definition) is 3. The number of aliphatic hydroxyl groups excluding tert-OH is 1. The van der Waals surface area contributed by atoms with Gasteiger partial charge in [-0.25, -0.2) is 0 Å². The molecule has 2 heterocycles. The first-order chi connectivity index (χ1) is 12.1. The van der Waals surface area contributed by atoms with E-state index in [2.05, 4.69) is 36.1 Å². The molecule has 0 bridgehead atoms. The van der Waals surface area contributed by atoms with Gasteiger partial charge in [0.25, 0.3) is 0 Å². The molecule has 0 spiro atoms. The highest BCUT2D eigenvalue weighted by Crippen LogP contribution is 2.33. The van der Waals surface area contributed by atoms with E-state index >= 15 is 0 Å². The lowest BCUT2D eigenvalue weighted by Gasteiger charge is -2.42. The molecular weight excluding hydrogens is 312 g/mol. The van der Waals surface area contributed by atoms with Gasteiger partial charge in [0.2, 0.25) is 5.91 Å². The highest BCUT2D eigenvalue weighted by Gasteiger charge is 2.36. The summed E-state index contributed by atoms with van der Waals surface area (Å²) in [5, 5.41) is 10.1. The predicted molar refractivity (Wildman–Crippen MR) is 100 cm³/mol. The average molecular weight is 344 g/mol. The Morgan fingerprint density at radius 1 is 1.20 bits per heavy atom. The van der Waals surface area contributed by atoms with Crippen molar-refractivity contribution in [2.24, 2.45) is 11.3 Å². The van der Waals surface area contributed by atoms with Crippen LogP contribution in [-0.2, 0) is 11.2 Å². The number of nitrogens with zero attached hydrogens (tertiary/aromatic N) is 2. The topological polar surface area (TPSA) is 43.8 Å². The normalized spacial score (nSPS) is 25.9. The monoisotopic (exact) mass is 344 g/mol. The Kier molecular flexibility index (Phi) is 6.13. The Labute approximate surface area is 151 Å². The van der Waals surface area contributed by atoms with Crippen LogP contribution in [0.3, 0.4) is 0 Å². The van der Waals surface area contributed by atoms with E-state index in [1.165, 1.54) is 5.56 Å². The maximum absolute atomic E-state index is 12.7. The molecule has 1 aromatic carbocycles. The first kappa shape index (κ1) is 18.4. The van der Waals surface area contributed by atoms with E-state index in [1.54, 1.807) is 0 Å². The second-order valence-corrected chi connectivity index (χ2v) is 8.20. The number of amides is 1. The first-order valence-electron chi connectivity index (χ1n) is 9.75. The van der Waals surface area contributed by atoms with E-state index in [0.29, 0.717) is 6.54 Å². The highest BCUT2D eigenvalue weighted by atomic mass is 16.3.